The molecule has 0 bridgehead atoms. The molecule has 0 amide bonds. The molecule has 1 N–H and O–H groups in total. The molecule has 2 aromatic carbocycles. The third kappa shape index (κ3) is 3.92. The Morgan fingerprint density at radius 3 is 2.40 bits per heavy atom. The van der Waals surface area contributed by atoms with E-state index in [-0.39, 0.29) is 16.5 Å². The Kier molecular flexibility index (Phi) is 4.92. The van der Waals surface area contributed by atoms with Crippen LogP contribution in [0.4, 0.5) is 5.82 Å². The van der Waals surface area contributed by atoms with Crippen molar-refractivity contribution < 1.29 is 13.2 Å². The van der Waals surface area contributed by atoms with Gasteiger partial charge in [0, 0.05) is 16.8 Å². The van der Waals surface area contributed by atoms with Crippen LogP contribution in [0.3, 0.4) is 0 Å². The Balaban J connectivity index is 1.88. The normalized spacial score (nSPS) is 11.1. The minimum Gasteiger partial charge on any atom is -0.495 e. The van der Waals surface area contributed by atoms with E-state index >= 15 is 0 Å². The number of rotatable bonds is 5. The van der Waals surface area contributed by atoms with Crippen LogP contribution in [-0.2, 0) is 10.0 Å². The van der Waals surface area contributed by atoms with Crippen molar-refractivity contribution >= 4 is 27.4 Å². The Hall–Kier alpha value is -2.57. The van der Waals surface area contributed by atoms with Crippen LogP contribution in [0.5, 0.6) is 5.75 Å². The summed E-state index contributed by atoms with van der Waals surface area (Å²) < 4.78 is 32.7. The van der Waals surface area contributed by atoms with Crippen LogP contribution in [0.25, 0.3) is 11.1 Å². The van der Waals surface area contributed by atoms with Gasteiger partial charge in [-0.25, -0.2) is 13.4 Å². The average molecular weight is 375 g/mol. The molecule has 0 aliphatic heterocycles. The van der Waals surface area contributed by atoms with Crippen molar-refractivity contribution in [2.45, 2.75) is 4.90 Å². The summed E-state index contributed by atoms with van der Waals surface area (Å²) in [5.74, 6) is 0.416. The van der Waals surface area contributed by atoms with Gasteiger partial charge in [0.1, 0.15) is 16.5 Å². The number of sulfonamides is 1. The predicted molar refractivity (Wildman–Crippen MR) is 98.5 cm³/mol. The summed E-state index contributed by atoms with van der Waals surface area (Å²) in [6, 6.07) is 17.5. The Morgan fingerprint density at radius 1 is 1.00 bits per heavy atom. The molecule has 3 rings (SSSR count). The standard InChI is InChI=1S/C18H15ClN2O3S/c1-24-16-9-8-15(19)11-17(16)25(22,23)21-18-10-7-14(12-20-18)13-5-3-2-4-6-13/h2-12H,1H3,(H,20,21). The zero-order valence-corrected chi connectivity index (χ0v) is 14.9. The minimum absolute atomic E-state index is 0.0450. The van der Waals surface area contributed by atoms with Crippen LogP contribution < -0.4 is 9.46 Å². The van der Waals surface area contributed by atoms with E-state index in [0.717, 1.165) is 11.1 Å². The van der Waals surface area contributed by atoms with Gasteiger partial charge >= 0.3 is 0 Å². The molecule has 128 valence electrons. The predicted octanol–water partition coefficient (Wildman–Crippen LogP) is 4.21. The van der Waals surface area contributed by atoms with Gasteiger partial charge in [-0.1, -0.05) is 41.9 Å². The zero-order valence-electron chi connectivity index (χ0n) is 13.3. The van der Waals surface area contributed by atoms with Gasteiger partial charge in [-0.2, -0.15) is 0 Å². The molecule has 0 saturated heterocycles. The monoisotopic (exact) mass is 374 g/mol. The highest BCUT2D eigenvalue weighted by Gasteiger charge is 2.20. The van der Waals surface area contributed by atoms with Crippen molar-refractivity contribution in [3.63, 3.8) is 0 Å². The molecule has 0 aliphatic carbocycles. The fourth-order valence-corrected chi connectivity index (χ4v) is 3.75. The number of hydrogen-bond donors (Lipinski definition) is 1. The van der Waals surface area contributed by atoms with Gasteiger partial charge in [-0.3, -0.25) is 4.72 Å². The molecule has 1 heterocycles. The number of nitrogens with one attached hydrogen (secondary N) is 1. The third-order valence-corrected chi connectivity index (χ3v) is 5.14. The number of benzene rings is 2. The number of aromatic nitrogens is 1. The van der Waals surface area contributed by atoms with E-state index in [0.29, 0.717) is 5.02 Å². The molecule has 5 nitrogen and oxygen atoms in total. The summed E-state index contributed by atoms with van der Waals surface area (Å²) in [6.07, 6.45) is 1.61. The van der Waals surface area contributed by atoms with Gasteiger partial charge in [0.2, 0.25) is 0 Å². The van der Waals surface area contributed by atoms with Crippen molar-refractivity contribution in [1.29, 1.82) is 0 Å². The van der Waals surface area contributed by atoms with E-state index in [4.69, 9.17) is 16.3 Å². The molecule has 7 heteroatoms. The average Bonchev–Trinajstić information content (AvgIpc) is 2.63. The lowest BCUT2D eigenvalue weighted by Gasteiger charge is -2.11. The van der Waals surface area contributed by atoms with Crippen LogP contribution in [0, 0.1) is 0 Å². The second kappa shape index (κ2) is 7.13. The summed E-state index contributed by atoms with van der Waals surface area (Å²) in [6.45, 7) is 0. The maximum Gasteiger partial charge on any atom is 0.266 e. The van der Waals surface area contributed by atoms with E-state index in [1.54, 1.807) is 24.4 Å². The van der Waals surface area contributed by atoms with Crippen molar-refractivity contribution in [2.75, 3.05) is 11.8 Å². The first-order valence-electron chi connectivity index (χ1n) is 7.37. The van der Waals surface area contributed by atoms with E-state index in [1.165, 1.54) is 19.2 Å². The molecule has 1 aromatic heterocycles. The van der Waals surface area contributed by atoms with Crippen LogP contribution in [0.1, 0.15) is 0 Å². The lowest BCUT2D eigenvalue weighted by molar-refractivity contribution is 0.403. The van der Waals surface area contributed by atoms with Gasteiger partial charge in [0.25, 0.3) is 10.0 Å². The number of nitrogens with zero attached hydrogens (tertiary/aromatic N) is 1. The van der Waals surface area contributed by atoms with Crippen molar-refractivity contribution in [1.82, 2.24) is 4.98 Å². The molecule has 3 aromatic rings. The number of ether oxygens (including phenoxy) is 1. The number of halogens is 1. The number of anilines is 1. The Labute approximate surface area is 151 Å². The maximum absolute atomic E-state index is 12.6. The third-order valence-electron chi connectivity index (χ3n) is 3.52. The van der Waals surface area contributed by atoms with Gasteiger partial charge in [-0.05, 0) is 35.9 Å². The minimum atomic E-state index is -3.88. The molecule has 0 atom stereocenters. The van der Waals surface area contributed by atoms with Crippen LogP contribution >= 0.6 is 11.6 Å². The highest BCUT2D eigenvalue weighted by Crippen LogP contribution is 2.28. The number of pyridine rings is 1. The molecule has 0 spiro atoms. The zero-order chi connectivity index (χ0) is 17.9. The lowest BCUT2D eigenvalue weighted by Crippen LogP contribution is -2.15. The molecule has 0 aliphatic rings. The quantitative estimate of drug-likeness (QED) is 0.726. The highest BCUT2D eigenvalue weighted by atomic mass is 35.5. The van der Waals surface area contributed by atoms with Gasteiger partial charge in [0.15, 0.2) is 0 Å². The first-order valence-corrected chi connectivity index (χ1v) is 9.23. The highest BCUT2D eigenvalue weighted by molar-refractivity contribution is 7.92. The maximum atomic E-state index is 12.6. The van der Waals surface area contributed by atoms with E-state index < -0.39 is 10.0 Å². The first-order chi connectivity index (χ1) is 12.0. The molecule has 0 fully saturated rings. The number of hydrogen-bond acceptors (Lipinski definition) is 4. The Morgan fingerprint density at radius 2 is 1.76 bits per heavy atom. The summed E-state index contributed by atoms with van der Waals surface area (Å²) in [7, 11) is -2.48. The van der Waals surface area contributed by atoms with Gasteiger partial charge in [0.05, 0.1) is 7.11 Å². The molecule has 0 unspecified atom stereocenters. The van der Waals surface area contributed by atoms with E-state index in [1.807, 2.05) is 30.3 Å². The second-order valence-electron chi connectivity index (χ2n) is 5.20. The van der Waals surface area contributed by atoms with Crippen LogP contribution in [-0.4, -0.2) is 20.5 Å². The topological polar surface area (TPSA) is 68.3 Å². The largest absolute Gasteiger partial charge is 0.495 e. The SMILES string of the molecule is COc1ccc(Cl)cc1S(=O)(=O)Nc1ccc(-c2ccccc2)cn1. The Bertz CT molecular complexity index is 975. The smallest absolute Gasteiger partial charge is 0.266 e. The van der Waals surface area contributed by atoms with Crippen LogP contribution in [0.15, 0.2) is 71.8 Å². The van der Waals surface area contributed by atoms with E-state index in [9.17, 15) is 8.42 Å². The van der Waals surface area contributed by atoms with Crippen molar-refractivity contribution in [3.8, 4) is 16.9 Å². The second-order valence-corrected chi connectivity index (χ2v) is 7.29. The first kappa shape index (κ1) is 17.3. The summed E-state index contributed by atoms with van der Waals surface area (Å²) in [4.78, 5) is 4.13. The summed E-state index contributed by atoms with van der Waals surface area (Å²) in [5, 5.41) is 0.300. The van der Waals surface area contributed by atoms with Crippen molar-refractivity contribution in [2.24, 2.45) is 0 Å². The lowest BCUT2D eigenvalue weighted by atomic mass is 10.1. The van der Waals surface area contributed by atoms with Crippen LogP contribution in [0.2, 0.25) is 5.02 Å². The summed E-state index contributed by atoms with van der Waals surface area (Å²) >= 11 is 5.91. The van der Waals surface area contributed by atoms with Gasteiger partial charge < -0.3 is 4.74 Å². The molecular formula is C18H15ClN2O3S. The molecular weight excluding hydrogens is 360 g/mol. The fraction of sp³-hybridized carbons (Fsp3) is 0.0556. The number of methoxy groups -OCH3 is 1. The van der Waals surface area contributed by atoms with E-state index in [2.05, 4.69) is 9.71 Å². The molecule has 0 saturated carbocycles. The fourth-order valence-electron chi connectivity index (χ4n) is 2.31. The molecule has 0 radical (unpaired) electrons. The summed E-state index contributed by atoms with van der Waals surface area (Å²) in [5.41, 5.74) is 1.89. The van der Waals surface area contributed by atoms with Gasteiger partial charge in [-0.15, -0.1) is 0 Å². The molecule has 25 heavy (non-hydrogen) atoms. The van der Waals surface area contributed by atoms with Crippen molar-refractivity contribution in [3.05, 3.63) is 71.9 Å².